The van der Waals surface area contributed by atoms with Crippen molar-refractivity contribution in [2.24, 2.45) is 0 Å². The summed E-state index contributed by atoms with van der Waals surface area (Å²) in [5.74, 6) is -1.31. The van der Waals surface area contributed by atoms with Crippen molar-refractivity contribution in [2.75, 3.05) is 11.9 Å². The molecule has 1 amide bonds. The van der Waals surface area contributed by atoms with Crippen LogP contribution in [0.25, 0.3) is 28.1 Å². The number of halogens is 1. The van der Waals surface area contributed by atoms with Gasteiger partial charge >= 0.3 is 5.97 Å². The molecule has 3 aromatic carbocycles. The molecule has 0 aliphatic carbocycles. The summed E-state index contributed by atoms with van der Waals surface area (Å²) >= 11 is 0. The highest BCUT2D eigenvalue weighted by atomic mass is 19.1. The molecule has 198 valence electrons. The van der Waals surface area contributed by atoms with Crippen LogP contribution in [0.2, 0.25) is 0 Å². The van der Waals surface area contributed by atoms with Crippen LogP contribution in [0.3, 0.4) is 0 Å². The van der Waals surface area contributed by atoms with Crippen LogP contribution < -0.4 is 5.32 Å². The standard InChI is InChI=1S/C32H24FN3O4/c1-20-17-26(21(2)36(20)25-15-13-24(33)14-16-25)32(38)39-19-28(37)35-31-27(18-34)29(22-9-5-3-6-10-22)30(40-31)23-11-7-4-8-12-23/h3-17H,19H2,1-2H3,(H,35,37). The third-order valence-corrected chi connectivity index (χ3v) is 6.44. The number of aromatic nitrogens is 1. The predicted octanol–water partition coefficient (Wildman–Crippen LogP) is 6.83. The van der Waals surface area contributed by atoms with Crippen LogP contribution in [0.1, 0.15) is 27.3 Å². The quantitative estimate of drug-likeness (QED) is 0.231. The first-order valence-corrected chi connectivity index (χ1v) is 12.5. The zero-order valence-electron chi connectivity index (χ0n) is 21.8. The summed E-state index contributed by atoms with van der Waals surface area (Å²) in [4.78, 5) is 25.7. The number of carbonyl (C=O) groups excluding carboxylic acids is 2. The van der Waals surface area contributed by atoms with Gasteiger partial charge in [-0.15, -0.1) is 0 Å². The van der Waals surface area contributed by atoms with E-state index in [4.69, 9.17) is 9.15 Å². The van der Waals surface area contributed by atoms with Crippen LogP contribution >= 0.6 is 0 Å². The second-order valence-electron chi connectivity index (χ2n) is 9.08. The summed E-state index contributed by atoms with van der Waals surface area (Å²) < 4.78 is 26.5. The van der Waals surface area contributed by atoms with E-state index >= 15 is 0 Å². The van der Waals surface area contributed by atoms with Gasteiger partial charge in [0.05, 0.1) is 5.56 Å². The Morgan fingerprint density at radius 3 is 2.20 bits per heavy atom. The second kappa shape index (κ2) is 11.1. The number of nitrogens with one attached hydrogen (secondary N) is 1. The maximum Gasteiger partial charge on any atom is 0.340 e. The van der Waals surface area contributed by atoms with Gasteiger partial charge in [-0.25, -0.2) is 9.18 Å². The van der Waals surface area contributed by atoms with Crippen molar-refractivity contribution >= 4 is 17.8 Å². The van der Waals surface area contributed by atoms with Gasteiger partial charge < -0.3 is 13.7 Å². The van der Waals surface area contributed by atoms with E-state index in [2.05, 4.69) is 11.4 Å². The first-order valence-electron chi connectivity index (χ1n) is 12.5. The van der Waals surface area contributed by atoms with E-state index in [1.807, 2.05) is 67.6 Å². The number of hydrogen-bond donors (Lipinski definition) is 1. The molecule has 0 saturated heterocycles. The molecule has 5 aromatic rings. The number of carbonyl (C=O) groups is 2. The Labute approximate surface area is 230 Å². The van der Waals surface area contributed by atoms with Gasteiger partial charge in [0.2, 0.25) is 5.88 Å². The minimum Gasteiger partial charge on any atom is -0.452 e. The minimum atomic E-state index is -0.688. The predicted molar refractivity (Wildman–Crippen MR) is 148 cm³/mol. The summed E-state index contributed by atoms with van der Waals surface area (Å²) in [6, 6.07) is 28.2. The fourth-order valence-electron chi connectivity index (χ4n) is 4.63. The lowest BCUT2D eigenvalue weighted by molar-refractivity contribution is -0.119. The monoisotopic (exact) mass is 533 g/mol. The molecule has 7 nitrogen and oxygen atoms in total. The van der Waals surface area contributed by atoms with Crippen LogP contribution in [-0.4, -0.2) is 23.1 Å². The highest BCUT2D eigenvalue weighted by Gasteiger charge is 2.25. The van der Waals surface area contributed by atoms with Crippen molar-refractivity contribution in [3.8, 4) is 34.2 Å². The zero-order valence-corrected chi connectivity index (χ0v) is 21.8. The number of amides is 1. The van der Waals surface area contributed by atoms with E-state index in [-0.39, 0.29) is 22.8 Å². The molecule has 0 unspecified atom stereocenters. The van der Waals surface area contributed by atoms with Gasteiger partial charge in [0.25, 0.3) is 5.91 Å². The average molecular weight is 534 g/mol. The van der Waals surface area contributed by atoms with Gasteiger partial charge in [-0.05, 0) is 49.7 Å². The highest BCUT2D eigenvalue weighted by Crippen LogP contribution is 2.41. The SMILES string of the molecule is Cc1cc(C(=O)OCC(=O)Nc2oc(-c3ccccc3)c(-c3ccccc3)c2C#N)c(C)n1-c1ccc(F)cc1. The van der Waals surface area contributed by atoms with Crippen molar-refractivity contribution in [1.82, 2.24) is 4.57 Å². The topological polar surface area (TPSA) is 97.3 Å². The van der Waals surface area contributed by atoms with Gasteiger partial charge in [0, 0.05) is 28.2 Å². The number of anilines is 1. The Bertz CT molecular complexity index is 1730. The Balaban J connectivity index is 1.36. The van der Waals surface area contributed by atoms with Crippen molar-refractivity contribution < 1.29 is 23.1 Å². The molecule has 0 bridgehead atoms. The van der Waals surface area contributed by atoms with Gasteiger partial charge in [-0.1, -0.05) is 60.7 Å². The number of hydrogen-bond acceptors (Lipinski definition) is 5. The lowest BCUT2D eigenvalue weighted by Gasteiger charge is -2.10. The molecule has 0 spiro atoms. The second-order valence-corrected chi connectivity index (χ2v) is 9.08. The minimum absolute atomic E-state index is 0.0317. The molecule has 5 rings (SSSR count). The summed E-state index contributed by atoms with van der Waals surface area (Å²) in [7, 11) is 0. The molecule has 2 aromatic heterocycles. The lowest BCUT2D eigenvalue weighted by atomic mass is 9.98. The van der Waals surface area contributed by atoms with Crippen LogP contribution in [0.5, 0.6) is 0 Å². The van der Waals surface area contributed by atoms with E-state index < -0.39 is 18.5 Å². The van der Waals surface area contributed by atoms with E-state index in [1.165, 1.54) is 12.1 Å². The fourth-order valence-corrected chi connectivity index (χ4v) is 4.63. The van der Waals surface area contributed by atoms with Crippen LogP contribution in [0.4, 0.5) is 10.3 Å². The number of rotatable bonds is 7. The van der Waals surface area contributed by atoms with E-state index in [0.29, 0.717) is 22.7 Å². The van der Waals surface area contributed by atoms with Gasteiger partial charge in [0.15, 0.2) is 6.61 Å². The van der Waals surface area contributed by atoms with Crippen molar-refractivity contribution in [1.29, 1.82) is 5.26 Å². The smallest absolute Gasteiger partial charge is 0.340 e. The molecular formula is C32H24FN3O4. The third-order valence-electron chi connectivity index (χ3n) is 6.44. The maximum absolute atomic E-state index is 13.4. The van der Waals surface area contributed by atoms with Crippen molar-refractivity contribution in [3.05, 3.63) is 119 Å². The highest BCUT2D eigenvalue weighted by molar-refractivity contribution is 5.98. The fraction of sp³-hybridized carbons (Fsp3) is 0.0938. The first-order chi connectivity index (χ1) is 19.4. The third kappa shape index (κ3) is 5.13. The van der Waals surface area contributed by atoms with E-state index in [1.54, 1.807) is 29.7 Å². The molecule has 1 N–H and O–H groups in total. The molecule has 0 atom stereocenters. The Hall–Kier alpha value is -5.42. The number of aryl methyl sites for hydroxylation is 1. The normalized spacial score (nSPS) is 10.7. The molecule has 0 fully saturated rings. The zero-order chi connectivity index (χ0) is 28.2. The molecule has 8 heteroatoms. The number of nitrogens with zero attached hydrogens (tertiary/aromatic N) is 2. The van der Waals surface area contributed by atoms with Gasteiger partial charge in [-0.2, -0.15) is 5.26 Å². The average Bonchev–Trinajstić information content (AvgIpc) is 3.49. The molecule has 0 saturated carbocycles. The van der Waals surface area contributed by atoms with Crippen molar-refractivity contribution in [3.63, 3.8) is 0 Å². The number of ether oxygens (including phenoxy) is 1. The Morgan fingerprint density at radius 2 is 1.57 bits per heavy atom. The maximum atomic E-state index is 13.4. The van der Waals surface area contributed by atoms with Crippen LogP contribution in [-0.2, 0) is 9.53 Å². The molecule has 0 aliphatic heterocycles. The van der Waals surface area contributed by atoms with E-state index in [9.17, 15) is 19.2 Å². The first kappa shape index (κ1) is 26.2. The molecule has 2 heterocycles. The number of furan rings is 1. The molecule has 40 heavy (non-hydrogen) atoms. The largest absolute Gasteiger partial charge is 0.452 e. The summed E-state index contributed by atoms with van der Waals surface area (Å²) in [6.07, 6.45) is 0. The molecule has 0 aliphatic rings. The number of esters is 1. The summed E-state index contributed by atoms with van der Waals surface area (Å²) in [6.45, 7) is 2.96. The molecule has 0 radical (unpaired) electrons. The van der Waals surface area contributed by atoms with Crippen LogP contribution in [0.15, 0.2) is 95.4 Å². The number of benzene rings is 3. The Kier molecular flexibility index (Phi) is 7.29. The van der Waals surface area contributed by atoms with Crippen LogP contribution in [0, 0.1) is 31.0 Å². The summed E-state index contributed by atoms with van der Waals surface area (Å²) in [5.41, 5.74) is 4.51. The Morgan fingerprint density at radius 1 is 0.950 bits per heavy atom. The molecular weight excluding hydrogens is 509 g/mol. The summed E-state index contributed by atoms with van der Waals surface area (Å²) in [5, 5.41) is 12.6. The van der Waals surface area contributed by atoms with Gasteiger partial charge in [0.1, 0.15) is 23.2 Å². The van der Waals surface area contributed by atoms with Gasteiger partial charge in [-0.3, -0.25) is 10.1 Å². The number of nitriles is 1. The van der Waals surface area contributed by atoms with E-state index in [0.717, 1.165) is 16.8 Å². The lowest BCUT2D eigenvalue weighted by Crippen LogP contribution is -2.21. The van der Waals surface area contributed by atoms with Crippen molar-refractivity contribution in [2.45, 2.75) is 13.8 Å².